The van der Waals surface area contributed by atoms with Gasteiger partial charge in [-0.3, -0.25) is 9.52 Å². The van der Waals surface area contributed by atoms with Gasteiger partial charge in [0.1, 0.15) is 5.75 Å². The predicted molar refractivity (Wildman–Crippen MR) is 156 cm³/mol. The van der Waals surface area contributed by atoms with Gasteiger partial charge in [0.15, 0.2) is 11.2 Å². The first-order valence-electron chi connectivity index (χ1n) is 13.0. The second kappa shape index (κ2) is 11.9. The second-order valence-corrected chi connectivity index (χ2v) is 13.2. The number of nitrogens with zero attached hydrogens (tertiary/aromatic N) is 1. The largest absolute Gasteiger partial charge is 0.480 e. The molecule has 0 saturated heterocycles. The maximum Gasteiger partial charge on any atom is 0.265 e. The van der Waals surface area contributed by atoms with Gasteiger partial charge in [0.25, 0.3) is 15.9 Å². The summed E-state index contributed by atoms with van der Waals surface area (Å²) >= 11 is 1.20. The first-order chi connectivity index (χ1) is 17.8. The standard InChI is InChI=1S/C29H39N3O4S2/c1-8-24(36-25-16-11-20(28(4,5)9-2)19-23(25)29(6,7)10-3)26(33)31-21-12-14-22(15-13-21)38(34,35)32-27-30-17-18-37-27/h11-19,24H,8-10H2,1-7H3,(H,30,32)(H,31,33). The number of nitrogens with one attached hydrogen (secondary N) is 2. The minimum Gasteiger partial charge on any atom is -0.480 e. The number of thiazole rings is 1. The van der Waals surface area contributed by atoms with Crippen molar-refractivity contribution in [1.82, 2.24) is 4.98 Å². The van der Waals surface area contributed by atoms with Gasteiger partial charge < -0.3 is 10.1 Å². The Labute approximate surface area is 231 Å². The minimum atomic E-state index is -3.77. The molecule has 2 N–H and O–H groups in total. The number of carbonyl (C=O) groups is 1. The summed E-state index contributed by atoms with van der Waals surface area (Å²) in [6.07, 6.45) is 3.24. The Kier molecular flexibility index (Phi) is 9.26. The summed E-state index contributed by atoms with van der Waals surface area (Å²) < 4.78 is 33.9. The molecular weight excluding hydrogens is 518 g/mol. The lowest BCUT2D eigenvalue weighted by Gasteiger charge is -2.31. The maximum atomic E-state index is 13.2. The van der Waals surface area contributed by atoms with Gasteiger partial charge in [-0.1, -0.05) is 60.6 Å². The molecule has 2 aromatic carbocycles. The number of ether oxygens (including phenoxy) is 1. The number of aromatic nitrogens is 1. The van der Waals surface area contributed by atoms with Crippen LogP contribution in [0.3, 0.4) is 0 Å². The Bertz CT molecular complexity index is 1330. The summed E-state index contributed by atoms with van der Waals surface area (Å²) in [7, 11) is -3.77. The summed E-state index contributed by atoms with van der Waals surface area (Å²) in [6.45, 7) is 15.1. The van der Waals surface area contributed by atoms with Crippen LogP contribution in [0.4, 0.5) is 10.8 Å². The average molecular weight is 558 g/mol. The third-order valence-corrected chi connectivity index (χ3v) is 9.45. The van der Waals surface area contributed by atoms with E-state index < -0.39 is 16.1 Å². The van der Waals surface area contributed by atoms with Gasteiger partial charge in [0, 0.05) is 22.8 Å². The minimum absolute atomic E-state index is 0.0358. The summed E-state index contributed by atoms with van der Waals surface area (Å²) in [6, 6.07) is 12.3. The van der Waals surface area contributed by atoms with E-state index in [0.717, 1.165) is 18.4 Å². The number of hydrogen-bond acceptors (Lipinski definition) is 6. The Morgan fingerprint density at radius 1 is 1.00 bits per heavy atom. The van der Waals surface area contributed by atoms with Gasteiger partial charge in [-0.05, 0) is 66.0 Å². The number of anilines is 2. The second-order valence-electron chi connectivity index (χ2n) is 10.7. The Hall–Kier alpha value is -2.91. The molecule has 1 unspecified atom stereocenters. The molecule has 0 aliphatic heterocycles. The highest BCUT2D eigenvalue weighted by molar-refractivity contribution is 7.93. The van der Waals surface area contributed by atoms with Gasteiger partial charge in [0.05, 0.1) is 4.90 Å². The Morgan fingerprint density at radius 2 is 1.66 bits per heavy atom. The first kappa shape index (κ1) is 29.6. The molecule has 0 spiro atoms. The number of carbonyl (C=O) groups excluding carboxylic acids is 1. The molecule has 0 saturated carbocycles. The molecule has 1 heterocycles. The van der Waals surface area contributed by atoms with E-state index in [1.54, 1.807) is 17.5 Å². The van der Waals surface area contributed by atoms with E-state index in [2.05, 4.69) is 68.7 Å². The van der Waals surface area contributed by atoms with Gasteiger partial charge in [-0.2, -0.15) is 0 Å². The topological polar surface area (TPSA) is 97.4 Å². The van der Waals surface area contributed by atoms with E-state index in [4.69, 9.17) is 4.74 Å². The number of hydrogen-bond donors (Lipinski definition) is 2. The monoisotopic (exact) mass is 557 g/mol. The number of benzene rings is 2. The van der Waals surface area contributed by atoms with E-state index in [1.807, 2.05) is 13.0 Å². The van der Waals surface area contributed by atoms with Crippen molar-refractivity contribution in [2.75, 3.05) is 10.0 Å². The molecule has 0 bridgehead atoms. The molecule has 3 aromatic rings. The molecule has 9 heteroatoms. The quantitative estimate of drug-likeness (QED) is 0.247. The smallest absolute Gasteiger partial charge is 0.265 e. The van der Waals surface area contributed by atoms with Crippen molar-refractivity contribution in [3.05, 3.63) is 65.2 Å². The van der Waals surface area contributed by atoms with Crippen molar-refractivity contribution in [2.24, 2.45) is 0 Å². The van der Waals surface area contributed by atoms with E-state index in [-0.39, 0.29) is 21.6 Å². The van der Waals surface area contributed by atoms with Crippen molar-refractivity contribution in [3.8, 4) is 5.75 Å². The Balaban J connectivity index is 1.78. The zero-order chi connectivity index (χ0) is 28.1. The molecule has 3 rings (SSSR count). The van der Waals surface area contributed by atoms with E-state index in [9.17, 15) is 13.2 Å². The fourth-order valence-corrected chi connectivity index (χ4v) is 5.63. The molecule has 7 nitrogen and oxygen atoms in total. The number of rotatable bonds is 12. The van der Waals surface area contributed by atoms with Crippen LogP contribution < -0.4 is 14.8 Å². The SMILES string of the molecule is CCC(Oc1ccc(C(C)(C)CC)cc1C(C)(C)CC)C(=O)Nc1ccc(S(=O)(=O)Nc2nccs2)cc1. The molecule has 0 aliphatic rings. The molecule has 0 radical (unpaired) electrons. The highest BCUT2D eigenvalue weighted by Gasteiger charge is 2.29. The highest BCUT2D eigenvalue weighted by Crippen LogP contribution is 2.39. The van der Waals surface area contributed by atoms with Crippen LogP contribution in [-0.4, -0.2) is 25.4 Å². The lowest BCUT2D eigenvalue weighted by atomic mass is 9.76. The molecular formula is C29H39N3O4S2. The van der Waals surface area contributed by atoms with Crippen LogP contribution in [0.1, 0.15) is 78.9 Å². The Morgan fingerprint density at radius 3 is 2.21 bits per heavy atom. The van der Waals surface area contributed by atoms with Gasteiger partial charge in [-0.15, -0.1) is 11.3 Å². The normalized spacial score (nSPS) is 13.1. The van der Waals surface area contributed by atoms with Crippen molar-refractivity contribution in [1.29, 1.82) is 0 Å². The number of sulfonamides is 1. The third kappa shape index (κ3) is 6.94. The average Bonchev–Trinajstić information content (AvgIpc) is 3.39. The summed E-state index contributed by atoms with van der Waals surface area (Å²) in [5, 5.41) is 4.85. The van der Waals surface area contributed by atoms with E-state index in [0.29, 0.717) is 23.0 Å². The molecule has 206 valence electrons. The lowest BCUT2D eigenvalue weighted by molar-refractivity contribution is -0.122. The van der Waals surface area contributed by atoms with Crippen LogP contribution in [0.5, 0.6) is 5.75 Å². The zero-order valence-corrected chi connectivity index (χ0v) is 24.9. The van der Waals surface area contributed by atoms with Gasteiger partial charge in [-0.25, -0.2) is 13.4 Å². The van der Waals surface area contributed by atoms with Crippen LogP contribution in [0.25, 0.3) is 0 Å². The van der Waals surface area contributed by atoms with Crippen LogP contribution >= 0.6 is 11.3 Å². The first-order valence-corrected chi connectivity index (χ1v) is 15.3. The summed E-state index contributed by atoms with van der Waals surface area (Å²) in [5.74, 6) is 0.423. The highest BCUT2D eigenvalue weighted by atomic mass is 32.2. The molecule has 1 atom stereocenters. The molecule has 38 heavy (non-hydrogen) atoms. The fraction of sp³-hybridized carbons (Fsp3) is 0.448. The van der Waals surface area contributed by atoms with Crippen LogP contribution in [0, 0.1) is 0 Å². The zero-order valence-electron chi connectivity index (χ0n) is 23.3. The van der Waals surface area contributed by atoms with Gasteiger partial charge in [0.2, 0.25) is 0 Å². The lowest BCUT2D eigenvalue weighted by Crippen LogP contribution is -2.33. The van der Waals surface area contributed by atoms with Crippen molar-refractivity contribution in [3.63, 3.8) is 0 Å². The number of amides is 1. The maximum absolute atomic E-state index is 13.2. The fourth-order valence-electron chi connectivity index (χ4n) is 3.84. The van der Waals surface area contributed by atoms with Crippen LogP contribution in [0.2, 0.25) is 0 Å². The summed E-state index contributed by atoms with van der Waals surface area (Å²) in [4.78, 5) is 17.2. The van der Waals surface area contributed by atoms with E-state index in [1.165, 1.54) is 35.2 Å². The third-order valence-electron chi connectivity index (χ3n) is 7.28. The molecule has 1 aromatic heterocycles. The molecule has 1 amide bonds. The predicted octanol–water partition coefficient (Wildman–Crippen LogP) is 7.12. The summed E-state index contributed by atoms with van der Waals surface area (Å²) in [5.41, 5.74) is 2.74. The van der Waals surface area contributed by atoms with Crippen molar-refractivity contribution >= 4 is 38.1 Å². The van der Waals surface area contributed by atoms with Crippen molar-refractivity contribution in [2.45, 2.75) is 89.6 Å². The van der Waals surface area contributed by atoms with Crippen molar-refractivity contribution < 1.29 is 17.9 Å². The molecule has 0 aliphatic carbocycles. The van der Waals surface area contributed by atoms with Gasteiger partial charge >= 0.3 is 0 Å². The molecule has 0 fully saturated rings. The van der Waals surface area contributed by atoms with Crippen LogP contribution in [0.15, 0.2) is 58.9 Å². The van der Waals surface area contributed by atoms with E-state index >= 15 is 0 Å². The van der Waals surface area contributed by atoms with Crippen LogP contribution in [-0.2, 0) is 25.6 Å².